The van der Waals surface area contributed by atoms with Crippen molar-refractivity contribution in [3.05, 3.63) is 82.8 Å². The van der Waals surface area contributed by atoms with Crippen LogP contribution in [-0.2, 0) is 19.8 Å². The lowest BCUT2D eigenvalue weighted by Crippen LogP contribution is -2.49. The molecule has 3 aliphatic rings. The molecular formula is C22H23NO4. The van der Waals surface area contributed by atoms with Crippen LogP contribution in [0, 0.1) is 5.92 Å². The lowest BCUT2D eigenvalue weighted by atomic mass is 9.69. The summed E-state index contributed by atoms with van der Waals surface area (Å²) in [5, 5.41) is 0. The van der Waals surface area contributed by atoms with Gasteiger partial charge < -0.3 is 19.9 Å². The highest BCUT2D eigenvalue weighted by Crippen LogP contribution is 2.55. The lowest BCUT2D eigenvalue weighted by molar-refractivity contribution is -0.0646. The summed E-state index contributed by atoms with van der Waals surface area (Å²) in [4.78, 5) is 12.7. The van der Waals surface area contributed by atoms with Crippen molar-refractivity contribution < 1.29 is 19.0 Å². The van der Waals surface area contributed by atoms with Crippen molar-refractivity contribution in [1.82, 2.24) is 0 Å². The third-order valence-electron chi connectivity index (χ3n) is 5.25. The largest absolute Gasteiger partial charge is 0.485 e. The fourth-order valence-corrected chi connectivity index (χ4v) is 4.18. The normalized spacial score (nSPS) is 31.5. The zero-order valence-electron chi connectivity index (χ0n) is 15.5. The van der Waals surface area contributed by atoms with Crippen LogP contribution in [0.15, 0.2) is 71.7 Å². The number of hydrogen-bond acceptors (Lipinski definition) is 5. The molecule has 1 aliphatic carbocycles. The Kier molecular flexibility index (Phi) is 4.40. The Morgan fingerprint density at radius 2 is 2.11 bits per heavy atom. The molecule has 27 heavy (non-hydrogen) atoms. The van der Waals surface area contributed by atoms with Crippen LogP contribution in [0.1, 0.15) is 29.3 Å². The topological polar surface area (TPSA) is 70.8 Å². The SMILES string of the molecule is CC/C=C1\C(=C/COC)OC2C=C(N)C=CC2C12OC(=O)c1ccccc12. The number of ether oxygens (including phenoxy) is 3. The van der Waals surface area contributed by atoms with Crippen molar-refractivity contribution in [3.63, 3.8) is 0 Å². The van der Waals surface area contributed by atoms with Crippen LogP contribution in [-0.4, -0.2) is 25.8 Å². The van der Waals surface area contributed by atoms with Crippen molar-refractivity contribution in [2.24, 2.45) is 11.7 Å². The van der Waals surface area contributed by atoms with Crippen molar-refractivity contribution >= 4 is 5.97 Å². The molecular weight excluding hydrogens is 342 g/mol. The minimum atomic E-state index is -0.931. The second kappa shape index (κ2) is 6.74. The van der Waals surface area contributed by atoms with Gasteiger partial charge in [0, 0.05) is 23.9 Å². The predicted octanol–water partition coefficient (Wildman–Crippen LogP) is 3.35. The number of methoxy groups -OCH3 is 1. The molecule has 2 N–H and O–H groups in total. The van der Waals surface area contributed by atoms with Crippen molar-refractivity contribution in [3.8, 4) is 0 Å². The summed E-state index contributed by atoms with van der Waals surface area (Å²) in [7, 11) is 1.63. The van der Waals surface area contributed by atoms with E-state index in [1.807, 2.05) is 48.6 Å². The second-order valence-corrected chi connectivity index (χ2v) is 6.85. The standard InChI is InChI=1S/C22H23NO4/c1-3-6-17-19(11-12-25-2)26-20-13-14(23)9-10-18(20)22(17)16-8-5-4-7-15(16)21(24)27-22/h4-11,13,18,20H,3,12,23H2,1-2H3/b17-6+,19-11+. The van der Waals surface area contributed by atoms with E-state index < -0.39 is 5.60 Å². The highest BCUT2D eigenvalue weighted by atomic mass is 16.6. The van der Waals surface area contributed by atoms with Gasteiger partial charge in [0.25, 0.3) is 0 Å². The maximum absolute atomic E-state index is 12.7. The summed E-state index contributed by atoms with van der Waals surface area (Å²) in [6.07, 6.45) is 10.1. The number of allylic oxidation sites excluding steroid dienone is 2. The highest BCUT2D eigenvalue weighted by Gasteiger charge is 2.59. The Labute approximate surface area is 158 Å². The van der Waals surface area contributed by atoms with Gasteiger partial charge in [0.1, 0.15) is 11.9 Å². The van der Waals surface area contributed by atoms with Crippen molar-refractivity contribution in [1.29, 1.82) is 0 Å². The van der Waals surface area contributed by atoms with E-state index in [0.29, 0.717) is 23.6 Å². The van der Waals surface area contributed by atoms with Crippen molar-refractivity contribution in [2.45, 2.75) is 25.0 Å². The number of benzene rings is 1. The summed E-state index contributed by atoms with van der Waals surface area (Å²) in [5.41, 5.74) is 8.05. The molecule has 140 valence electrons. The monoisotopic (exact) mass is 365 g/mol. The smallest absolute Gasteiger partial charge is 0.339 e. The van der Waals surface area contributed by atoms with E-state index in [4.69, 9.17) is 19.9 Å². The minimum Gasteiger partial charge on any atom is -0.485 e. The fourth-order valence-electron chi connectivity index (χ4n) is 4.18. The Morgan fingerprint density at radius 3 is 2.89 bits per heavy atom. The van der Waals surface area contributed by atoms with Crippen LogP contribution in [0.25, 0.3) is 0 Å². The van der Waals surface area contributed by atoms with E-state index in [9.17, 15) is 4.79 Å². The molecule has 0 amide bonds. The van der Waals surface area contributed by atoms with Gasteiger partial charge in [0.2, 0.25) is 0 Å². The van der Waals surface area contributed by atoms with Crippen LogP contribution in [0.4, 0.5) is 0 Å². The Morgan fingerprint density at radius 1 is 1.30 bits per heavy atom. The number of carbonyl (C=O) groups excluding carboxylic acids is 1. The summed E-state index contributed by atoms with van der Waals surface area (Å²) in [5.74, 6) is 0.161. The molecule has 2 aliphatic heterocycles. The minimum absolute atomic E-state index is 0.199. The first-order chi connectivity index (χ1) is 13.1. The lowest BCUT2D eigenvalue weighted by Gasteiger charge is -2.46. The van der Waals surface area contributed by atoms with E-state index in [2.05, 4.69) is 13.0 Å². The van der Waals surface area contributed by atoms with Gasteiger partial charge >= 0.3 is 5.97 Å². The number of fused-ring (bicyclic) bond motifs is 4. The van der Waals surface area contributed by atoms with E-state index in [-0.39, 0.29) is 18.0 Å². The fraction of sp³-hybridized carbons (Fsp3) is 0.318. The van der Waals surface area contributed by atoms with Gasteiger partial charge in [0.15, 0.2) is 5.60 Å². The number of nitrogens with two attached hydrogens (primary N) is 1. The highest BCUT2D eigenvalue weighted by molar-refractivity contribution is 5.96. The third-order valence-corrected chi connectivity index (χ3v) is 5.25. The number of rotatable bonds is 3. The molecule has 1 aromatic rings. The average molecular weight is 365 g/mol. The van der Waals surface area contributed by atoms with E-state index in [0.717, 1.165) is 17.6 Å². The molecule has 1 saturated heterocycles. The molecule has 5 heteroatoms. The summed E-state index contributed by atoms with van der Waals surface area (Å²) >= 11 is 0. The van der Waals surface area contributed by atoms with Gasteiger partial charge in [0.05, 0.1) is 18.1 Å². The summed E-state index contributed by atoms with van der Waals surface area (Å²) < 4.78 is 17.7. The quantitative estimate of drug-likeness (QED) is 0.832. The molecule has 0 saturated carbocycles. The van der Waals surface area contributed by atoms with Gasteiger partial charge in [-0.2, -0.15) is 0 Å². The first-order valence-corrected chi connectivity index (χ1v) is 9.17. The number of carbonyl (C=O) groups is 1. The molecule has 0 radical (unpaired) electrons. The zero-order valence-corrected chi connectivity index (χ0v) is 15.5. The molecule has 1 spiro atoms. The molecule has 1 aromatic carbocycles. The van der Waals surface area contributed by atoms with E-state index >= 15 is 0 Å². The van der Waals surface area contributed by atoms with Gasteiger partial charge in [-0.1, -0.05) is 37.3 Å². The van der Waals surface area contributed by atoms with Gasteiger partial charge in [-0.3, -0.25) is 0 Å². The van der Waals surface area contributed by atoms with Crippen molar-refractivity contribution in [2.75, 3.05) is 13.7 Å². The number of esters is 1. The maximum Gasteiger partial charge on any atom is 0.339 e. The third kappa shape index (κ3) is 2.61. The number of hydrogen-bond donors (Lipinski definition) is 1. The van der Waals surface area contributed by atoms with Crippen LogP contribution >= 0.6 is 0 Å². The summed E-state index contributed by atoms with van der Waals surface area (Å²) in [6.45, 7) is 2.45. The van der Waals surface area contributed by atoms with Gasteiger partial charge in [-0.25, -0.2) is 4.79 Å². The Bertz CT molecular complexity index is 895. The molecule has 3 atom stereocenters. The van der Waals surface area contributed by atoms with E-state index in [1.54, 1.807) is 7.11 Å². The molecule has 1 fully saturated rings. The molecule has 3 unspecified atom stereocenters. The molecule has 2 heterocycles. The second-order valence-electron chi connectivity index (χ2n) is 6.85. The molecule has 0 bridgehead atoms. The van der Waals surface area contributed by atoms with Crippen LogP contribution in [0.3, 0.4) is 0 Å². The maximum atomic E-state index is 12.7. The van der Waals surface area contributed by atoms with Gasteiger partial charge in [-0.05, 0) is 30.7 Å². The zero-order chi connectivity index (χ0) is 19.0. The van der Waals surface area contributed by atoms with Crippen LogP contribution < -0.4 is 5.73 Å². The predicted molar refractivity (Wildman–Crippen MR) is 102 cm³/mol. The molecule has 5 nitrogen and oxygen atoms in total. The Hall–Kier alpha value is -2.79. The van der Waals surface area contributed by atoms with Gasteiger partial charge in [-0.15, -0.1) is 0 Å². The first kappa shape index (κ1) is 17.6. The van der Waals surface area contributed by atoms with Crippen LogP contribution in [0.5, 0.6) is 0 Å². The molecule has 0 aromatic heterocycles. The Balaban J connectivity index is 1.97. The first-order valence-electron chi connectivity index (χ1n) is 9.17. The molecule has 4 rings (SSSR count). The van der Waals surface area contributed by atoms with Crippen LogP contribution in [0.2, 0.25) is 0 Å². The summed E-state index contributed by atoms with van der Waals surface area (Å²) in [6, 6.07) is 7.58. The van der Waals surface area contributed by atoms with E-state index in [1.165, 1.54) is 0 Å². The average Bonchev–Trinajstić information content (AvgIpc) is 2.96.